The minimum atomic E-state index is 0.840. The van der Waals surface area contributed by atoms with Crippen molar-refractivity contribution in [2.24, 2.45) is 4.99 Å². The molecule has 0 saturated heterocycles. The van der Waals surface area contributed by atoms with Crippen LogP contribution in [0.25, 0.3) is 32.7 Å². The molecular formula is C28H23N3. The van der Waals surface area contributed by atoms with Gasteiger partial charge in [-0.3, -0.25) is 9.98 Å². The fraction of sp³-hybridized carbons (Fsp3) is 0.0714. The van der Waals surface area contributed by atoms with E-state index in [0.717, 1.165) is 16.9 Å². The first kappa shape index (κ1) is 19.0. The molecule has 0 atom stereocenters. The molecule has 1 aromatic heterocycles. The van der Waals surface area contributed by atoms with Gasteiger partial charge in [0, 0.05) is 37.1 Å². The Morgan fingerprint density at radius 3 is 2.00 bits per heavy atom. The molecule has 0 bridgehead atoms. The third-order valence-electron chi connectivity index (χ3n) is 5.57. The van der Waals surface area contributed by atoms with E-state index in [1.807, 2.05) is 24.4 Å². The molecule has 0 spiro atoms. The van der Waals surface area contributed by atoms with E-state index in [2.05, 4.69) is 96.8 Å². The number of hydrogen-bond acceptors (Lipinski definition) is 3. The van der Waals surface area contributed by atoms with E-state index in [1.54, 1.807) is 6.20 Å². The molecule has 0 radical (unpaired) electrons. The number of aliphatic imine (C=N–C) groups is 1. The Bertz CT molecular complexity index is 1400. The monoisotopic (exact) mass is 401 g/mol. The van der Waals surface area contributed by atoms with Crippen molar-refractivity contribution in [3.8, 4) is 11.1 Å². The van der Waals surface area contributed by atoms with E-state index < -0.39 is 0 Å². The highest BCUT2D eigenvalue weighted by Gasteiger charge is 2.17. The SMILES string of the molecule is CN(C)c1ccc2ccccc2c1-c1c(N=Cc2ccccn2)ccc2ccccc12. The highest BCUT2D eigenvalue weighted by Crippen LogP contribution is 2.45. The average molecular weight is 402 g/mol. The molecule has 0 aliphatic heterocycles. The van der Waals surface area contributed by atoms with Crippen LogP contribution >= 0.6 is 0 Å². The Morgan fingerprint density at radius 1 is 0.677 bits per heavy atom. The van der Waals surface area contributed by atoms with Crippen LogP contribution in [-0.2, 0) is 0 Å². The van der Waals surface area contributed by atoms with Gasteiger partial charge in [-0.1, -0.05) is 66.7 Å². The molecule has 0 amide bonds. The number of aromatic nitrogens is 1. The van der Waals surface area contributed by atoms with Crippen LogP contribution in [0.2, 0.25) is 0 Å². The van der Waals surface area contributed by atoms with Crippen molar-refractivity contribution in [1.29, 1.82) is 0 Å². The third-order valence-corrected chi connectivity index (χ3v) is 5.57. The number of benzene rings is 4. The van der Waals surface area contributed by atoms with Crippen molar-refractivity contribution < 1.29 is 0 Å². The number of nitrogens with zero attached hydrogens (tertiary/aromatic N) is 3. The summed E-state index contributed by atoms with van der Waals surface area (Å²) in [6.45, 7) is 0. The van der Waals surface area contributed by atoms with Crippen LogP contribution in [0, 0.1) is 0 Å². The molecule has 3 heteroatoms. The molecule has 5 aromatic rings. The summed E-state index contributed by atoms with van der Waals surface area (Å²) in [7, 11) is 4.19. The largest absolute Gasteiger partial charge is 0.377 e. The molecule has 5 rings (SSSR count). The maximum absolute atomic E-state index is 4.90. The molecule has 3 nitrogen and oxygen atoms in total. The molecule has 31 heavy (non-hydrogen) atoms. The van der Waals surface area contributed by atoms with E-state index in [1.165, 1.54) is 32.8 Å². The zero-order valence-corrected chi connectivity index (χ0v) is 17.7. The summed E-state index contributed by atoms with van der Waals surface area (Å²) in [5, 5.41) is 4.83. The Labute approximate surface area is 182 Å². The van der Waals surface area contributed by atoms with Gasteiger partial charge in [-0.15, -0.1) is 0 Å². The molecule has 0 N–H and O–H groups in total. The lowest BCUT2D eigenvalue weighted by Crippen LogP contribution is -2.10. The lowest BCUT2D eigenvalue weighted by Gasteiger charge is -2.22. The van der Waals surface area contributed by atoms with Gasteiger partial charge in [0.1, 0.15) is 0 Å². The predicted octanol–water partition coefficient (Wildman–Crippen LogP) is 6.87. The van der Waals surface area contributed by atoms with Crippen molar-refractivity contribution >= 4 is 39.1 Å². The number of rotatable bonds is 4. The molecule has 4 aromatic carbocycles. The maximum atomic E-state index is 4.90. The lowest BCUT2D eigenvalue weighted by molar-refractivity contribution is 1.14. The third kappa shape index (κ3) is 3.55. The van der Waals surface area contributed by atoms with Gasteiger partial charge in [0.15, 0.2) is 0 Å². The van der Waals surface area contributed by atoms with Crippen molar-refractivity contribution in [3.63, 3.8) is 0 Å². The van der Waals surface area contributed by atoms with E-state index in [-0.39, 0.29) is 0 Å². The normalized spacial score (nSPS) is 11.4. The molecule has 0 aliphatic rings. The van der Waals surface area contributed by atoms with Crippen LogP contribution in [0.1, 0.15) is 5.69 Å². The van der Waals surface area contributed by atoms with E-state index in [0.29, 0.717) is 0 Å². The number of pyridine rings is 1. The van der Waals surface area contributed by atoms with Gasteiger partial charge in [0.25, 0.3) is 0 Å². The van der Waals surface area contributed by atoms with Gasteiger partial charge in [0.2, 0.25) is 0 Å². The zero-order valence-electron chi connectivity index (χ0n) is 17.7. The molecule has 1 heterocycles. The van der Waals surface area contributed by atoms with Crippen molar-refractivity contribution in [1.82, 2.24) is 4.98 Å². The fourth-order valence-corrected chi connectivity index (χ4v) is 4.11. The first-order valence-electron chi connectivity index (χ1n) is 10.4. The molecule has 0 saturated carbocycles. The second-order valence-corrected chi connectivity index (χ2v) is 7.77. The summed E-state index contributed by atoms with van der Waals surface area (Å²) >= 11 is 0. The van der Waals surface area contributed by atoms with E-state index in [4.69, 9.17) is 4.99 Å². The van der Waals surface area contributed by atoms with E-state index in [9.17, 15) is 0 Å². The Hall–Kier alpha value is -3.98. The van der Waals surface area contributed by atoms with E-state index >= 15 is 0 Å². The maximum Gasteiger partial charge on any atom is 0.0812 e. The fourth-order valence-electron chi connectivity index (χ4n) is 4.11. The van der Waals surface area contributed by atoms with Gasteiger partial charge in [-0.25, -0.2) is 0 Å². The Kier molecular flexibility index (Phi) is 4.93. The van der Waals surface area contributed by atoms with Crippen molar-refractivity contribution in [3.05, 3.63) is 103 Å². The Balaban J connectivity index is 1.86. The summed E-state index contributed by atoms with van der Waals surface area (Å²) in [4.78, 5) is 11.5. The predicted molar refractivity (Wildman–Crippen MR) is 133 cm³/mol. The highest BCUT2D eigenvalue weighted by molar-refractivity contribution is 6.13. The molecule has 150 valence electrons. The van der Waals surface area contributed by atoms with Crippen molar-refractivity contribution in [2.75, 3.05) is 19.0 Å². The topological polar surface area (TPSA) is 28.5 Å². The number of fused-ring (bicyclic) bond motifs is 2. The summed E-state index contributed by atoms with van der Waals surface area (Å²) in [6.07, 6.45) is 3.63. The lowest BCUT2D eigenvalue weighted by atomic mass is 9.91. The number of hydrogen-bond donors (Lipinski definition) is 0. The van der Waals surface area contributed by atoms with Crippen LogP contribution in [0.15, 0.2) is 102 Å². The van der Waals surface area contributed by atoms with Crippen LogP contribution < -0.4 is 4.90 Å². The van der Waals surface area contributed by atoms with Gasteiger partial charge in [0.05, 0.1) is 17.6 Å². The minimum Gasteiger partial charge on any atom is -0.377 e. The van der Waals surface area contributed by atoms with Crippen LogP contribution in [-0.4, -0.2) is 25.3 Å². The standard InChI is InChI=1S/C28H23N3/c1-31(2)26-17-15-21-10-4-6-13-24(21)28(26)27-23-12-5-3-9-20(23)14-16-25(27)30-19-22-11-7-8-18-29-22/h3-19H,1-2H3. The summed E-state index contributed by atoms with van der Waals surface area (Å²) < 4.78 is 0. The van der Waals surface area contributed by atoms with Gasteiger partial charge < -0.3 is 4.90 Å². The van der Waals surface area contributed by atoms with Crippen molar-refractivity contribution in [2.45, 2.75) is 0 Å². The van der Waals surface area contributed by atoms with Gasteiger partial charge in [-0.2, -0.15) is 0 Å². The minimum absolute atomic E-state index is 0.840. The molecule has 0 unspecified atom stereocenters. The number of anilines is 1. The van der Waals surface area contributed by atoms with Crippen LogP contribution in [0.3, 0.4) is 0 Å². The quantitative estimate of drug-likeness (QED) is 0.307. The molecule has 0 fully saturated rings. The van der Waals surface area contributed by atoms with Crippen LogP contribution in [0.4, 0.5) is 11.4 Å². The summed E-state index contributed by atoms with van der Waals surface area (Å²) in [5.74, 6) is 0. The summed E-state index contributed by atoms with van der Waals surface area (Å²) in [5.41, 5.74) is 5.29. The smallest absolute Gasteiger partial charge is 0.0812 e. The average Bonchev–Trinajstić information content (AvgIpc) is 2.82. The van der Waals surface area contributed by atoms with Gasteiger partial charge in [-0.05, 0) is 45.8 Å². The second kappa shape index (κ2) is 8.04. The summed E-state index contributed by atoms with van der Waals surface area (Å²) in [6, 6.07) is 31.6. The first-order chi connectivity index (χ1) is 15.2. The van der Waals surface area contributed by atoms with Crippen LogP contribution in [0.5, 0.6) is 0 Å². The highest BCUT2D eigenvalue weighted by atomic mass is 15.1. The first-order valence-corrected chi connectivity index (χ1v) is 10.4. The Morgan fingerprint density at radius 2 is 1.32 bits per heavy atom. The molecule has 0 aliphatic carbocycles. The van der Waals surface area contributed by atoms with Gasteiger partial charge >= 0.3 is 0 Å². The molecular weight excluding hydrogens is 378 g/mol. The second-order valence-electron chi connectivity index (χ2n) is 7.77. The zero-order chi connectivity index (χ0) is 21.2.